The summed E-state index contributed by atoms with van der Waals surface area (Å²) in [6.45, 7) is 21.6. The van der Waals surface area contributed by atoms with E-state index in [0.717, 1.165) is 31.6 Å². The predicted molar refractivity (Wildman–Crippen MR) is 157 cm³/mol. The molecule has 4 aliphatic carbocycles. The van der Waals surface area contributed by atoms with Gasteiger partial charge in [-0.15, -0.1) is 5.54 Å². The molecule has 0 saturated heterocycles. The van der Waals surface area contributed by atoms with Crippen molar-refractivity contribution in [3.8, 4) is 11.5 Å². The van der Waals surface area contributed by atoms with E-state index in [1.54, 1.807) is 0 Å². The van der Waals surface area contributed by atoms with Crippen molar-refractivity contribution in [1.29, 1.82) is 0 Å². The van der Waals surface area contributed by atoms with Gasteiger partial charge in [-0.25, -0.2) is 0 Å². The Bertz CT molecular complexity index is 947. The van der Waals surface area contributed by atoms with E-state index in [1.807, 2.05) is 11.1 Å². The molecule has 4 rings (SSSR count). The standard InChI is InChI=1S/C34H56O2Si/c1-23(11-10-12-24(35)18-22-37-30(2,3)4)25-15-20-34(9)27-13-14-28-31(5,6)29(36)17-19-32(28,7)26(27)16-21-33(25,34)8/h23-25,28-29,35-36H,10-17,19-21H2,1-9H3/t23-,24?,25-,28+,29+,32-,33-,34+/m1/s1. The molecule has 1 unspecified atom stereocenters. The van der Waals surface area contributed by atoms with Crippen LogP contribution in [0.1, 0.15) is 133 Å². The molecule has 0 aliphatic heterocycles. The summed E-state index contributed by atoms with van der Waals surface area (Å²) in [6.07, 6.45) is 12.4. The van der Waals surface area contributed by atoms with Crippen molar-refractivity contribution < 1.29 is 10.2 Å². The van der Waals surface area contributed by atoms with Gasteiger partial charge in [0.25, 0.3) is 0 Å². The lowest BCUT2D eigenvalue weighted by atomic mass is 9.43. The van der Waals surface area contributed by atoms with Gasteiger partial charge in [-0.3, -0.25) is 0 Å². The highest BCUT2D eigenvalue weighted by Gasteiger charge is 2.63. The van der Waals surface area contributed by atoms with E-state index in [0.29, 0.717) is 32.2 Å². The molecule has 8 atom stereocenters. The zero-order chi connectivity index (χ0) is 27.4. The van der Waals surface area contributed by atoms with Crippen LogP contribution in [0, 0.1) is 50.9 Å². The maximum absolute atomic E-state index is 10.9. The largest absolute Gasteiger partial charge is 0.393 e. The molecule has 2 nitrogen and oxygen atoms in total. The fraction of sp³-hybridized carbons (Fsp3) is 0.882. The van der Waals surface area contributed by atoms with Crippen LogP contribution in [0.2, 0.25) is 5.04 Å². The zero-order valence-electron chi connectivity index (χ0n) is 25.6. The molecule has 208 valence electrons. The number of allylic oxidation sites excluding steroid dienone is 2. The molecular formula is C34H56O2Si. The predicted octanol–water partition coefficient (Wildman–Crippen LogP) is 8.15. The van der Waals surface area contributed by atoms with E-state index >= 15 is 0 Å². The van der Waals surface area contributed by atoms with Gasteiger partial charge in [0.1, 0.15) is 6.10 Å². The Hall–Kier alpha value is -0.563. The quantitative estimate of drug-likeness (QED) is 0.216. The lowest BCUT2D eigenvalue weighted by Crippen LogP contribution is -2.55. The maximum atomic E-state index is 10.9. The normalized spacial score (nSPS) is 40.7. The molecule has 0 aromatic heterocycles. The second-order valence-corrected chi connectivity index (χ2v) is 17.8. The van der Waals surface area contributed by atoms with Gasteiger partial charge in [0.05, 0.1) is 6.10 Å². The van der Waals surface area contributed by atoms with Crippen molar-refractivity contribution in [3.05, 3.63) is 11.1 Å². The minimum Gasteiger partial charge on any atom is -0.393 e. The number of fused-ring (bicyclic) bond motifs is 4. The molecule has 0 aromatic carbocycles. The third-order valence-electron chi connectivity index (χ3n) is 12.3. The number of aliphatic hydroxyl groups is 2. The number of rotatable bonds is 5. The van der Waals surface area contributed by atoms with Crippen LogP contribution in [0.5, 0.6) is 0 Å². The second kappa shape index (κ2) is 10.1. The SMILES string of the molecule is C[C@H](CCCC(O)C#C[Si]C(C)(C)C)[C@H]1CC[C@@]2(C)C3=C(CC[C@]12C)[C@@]1(C)CC[C@H](O)C(C)(C)[C@@H]1CC3. The Morgan fingerprint density at radius 1 is 0.946 bits per heavy atom. The van der Waals surface area contributed by atoms with Gasteiger partial charge < -0.3 is 10.2 Å². The summed E-state index contributed by atoms with van der Waals surface area (Å²) in [6, 6.07) is 0. The molecule has 0 aromatic rings. The van der Waals surface area contributed by atoms with Gasteiger partial charge in [-0.2, -0.15) is 0 Å². The molecule has 2 fully saturated rings. The van der Waals surface area contributed by atoms with Gasteiger partial charge in [0, 0.05) is 0 Å². The van der Waals surface area contributed by atoms with Crippen LogP contribution in [-0.2, 0) is 0 Å². The summed E-state index contributed by atoms with van der Waals surface area (Å²) in [5.41, 5.74) is 7.88. The Kier molecular flexibility index (Phi) is 8.05. The maximum Gasteiger partial charge on any atom is 0.154 e. The first-order valence-corrected chi connectivity index (χ1v) is 16.4. The molecule has 0 heterocycles. The van der Waals surface area contributed by atoms with E-state index in [9.17, 15) is 10.2 Å². The van der Waals surface area contributed by atoms with Crippen LogP contribution < -0.4 is 0 Å². The topological polar surface area (TPSA) is 40.5 Å². The number of hydrogen-bond donors (Lipinski definition) is 2. The zero-order valence-corrected chi connectivity index (χ0v) is 26.6. The van der Waals surface area contributed by atoms with Gasteiger partial charge in [0.15, 0.2) is 9.52 Å². The summed E-state index contributed by atoms with van der Waals surface area (Å²) in [5, 5.41) is 21.5. The highest BCUT2D eigenvalue weighted by atomic mass is 28.2. The summed E-state index contributed by atoms with van der Waals surface area (Å²) in [7, 11) is 0.586. The molecule has 2 saturated carbocycles. The molecule has 3 heteroatoms. The highest BCUT2D eigenvalue weighted by molar-refractivity contribution is 6.49. The lowest BCUT2D eigenvalue weighted by molar-refractivity contribution is -0.0962. The minimum atomic E-state index is -0.469. The first kappa shape index (κ1) is 29.4. The van der Waals surface area contributed by atoms with E-state index in [4.69, 9.17) is 0 Å². The molecular weight excluding hydrogens is 468 g/mol. The smallest absolute Gasteiger partial charge is 0.154 e. The fourth-order valence-electron chi connectivity index (χ4n) is 9.84. The summed E-state index contributed by atoms with van der Waals surface area (Å²) >= 11 is 0. The van der Waals surface area contributed by atoms with Crippen LogP contribution >= 0.6 is 0 Å². The molecule has 4 aliphatic rings. The molecule has 2 radical (unpaired) electrons. The Morgan fingerprint density at radius 2 is 1.65 bits per heavy atom. The van der Waals surface area contributed by atoms with Gasteiger partial charge in [-0.05, 0) is 109 Å². The van der Waals surface area contributed by atoms with E-state index in [1.165, 1.54) is 44.9 Å². The third kappa shape index (κ3) is 5.07. The average Bonchev–Trinajstić information content (AvgIpc) is 3.07. The lowest BCUT2D eigenvalue weighted by Gasteiger charge is -2.62. The Morgan fingerprint density at radius 3 is 2.32 bits per heavy atom. The van der Waals surface area contributed by atoms with Crippen LogP contribution in [0.4, 0.5) is 0 Å². The molecule has 37 heavy (non-hydrogen) atoms. The molecule has 2 N–H and O–H groups in total. The monoisotopic (exact) mass is 524 g/mol. The average molecular weight is 525 g/mol. The first-order chi connectivity index (χ1) is 17.1. The number of hydrogen-bond acceptors (Lipinski definition) is 2. The van der Waals surface area contributed by atoms with E-state index in [2.05, 4.69) is 73.8 Å². The van der Waals surface area contributed by atoms with Crippen molar-refractivity contribution in [2.45, 2.75) is 150 Å². The molecule has 0 bridgehead atoms. The van der Waals surface area contributed by atoms with Crippen LogP contribution in [0.15, 0.2) is 11.1 Å². The molecule has 0 spiro atoms. The van der Waals surface area contributed by atoms with Crippen LogP contribution in [-0.4, -0.2) is 31.9 Å². The van der Waals surface area contributed by atoms with Crippen molar-refractivity contribution in [2.75, 3.05) is 0 Å². The third-order valence-corrected chi connectivity index (χ3v) is 13.3. The van der Waals surface area contributed by atoms with Crippen molar-refractivity contribution in [3.63, 3.8) is 0 Å². The number of aliphatic hydroxyl groups excluding tert-OH is 2. The van der Waals surface area contributed by atoms with Gasteiger partial charge in [0.2, 0.25) is 0 Å². The Labute approximate surface area is 231 Å². The van der Waals surface area contributed by atoms with Crippen molar-refractivity contribution >= 4 is 9.52 Å². The van der Waals surface area contributed by atoms with Gasteiger partial charge >= 0.3 is 0 Å². The van der Waals surface area contributed by atoms with Crippen molar-refractivity contribution in [2.24, 2.45) is 39.4 Å². The fourth-order valence-corrected chi connectivity index (χ4v) is 10.5. The van der Waals surface area contributed by atoms with Crippen LogP contribution in [0.25, 0.3) is 0 Å². The van der Waals surface area contributed by atoms with Crippen molar-refractivity contribution in [1.82, 2.24) is 0 Å². The Balaban J connectivity index is 1.46. The van der Waals surface area contributed by atoms with E-state index < -0.39 is 6.10 Å². The summed E-state index contributed by atoms with van der Waals surface area (Å²) in [4.78, 5) is 0. The highest BCUT2D eigenvalue weighted by Crippen LogP contribution is 2.72. The first-order valence-electron chi connectivity index (χ1n) is 15.4. The molecule has 0 amide bonds. The van der Waals surface area contributed by atoms with Gasteiger partial charge in [-0.1, -0.05) is 85.8 Å². The summed E-state index contributed by atoms with van der Waals surface area (Å²) < 4.78 is 0. The summed E-state index contributed by atoms with van der Waals surface area (Å²) in [5.74, 6) is 5.17. The van der Waals surface area contributed by atoms with E-state index in [-0.39, 0.29) is 22.0 Å². The van der Waals surface area contributed by atoms with Crippen LogP contribution in [0.3, 0.4) is 0 Å². The second-order valence-electron chi connectivity index (χ2n) is 15.8. The minimum absolute atomic E-state index is 0.0159.